The molecule has 1 aromatic rings. The van der Waals surface area contributed by atoms with Gasteiger partial charge < -0.3 is 14.8 Å². The lowest BCUT2D eigenvalue weighted by molar-refractivity contribution is -0.152. The first-order chi connectivity index (χ1) is 12.8. The van der Waals surface area contributed by atoms with E-state index >= 15 is 0 Å². The lowest BCUT2D eigenvalue weighted by Gasteiger charge is -2.48. The van der Waals surface area contributed by atoms with E-state index < -0.39 is 45.0 Å². The number of rotatable bonds is 4. The summed E-state index contributed by atoms with van der Waals surface area (Å²) < 4.78 is 34.6. The lowest BCUT2D eigenvalue weighted by atomic mass is 10.0. The summed E-state index contributed by atoms with van der Waals surface area (Å²) in [5.74, 6) is -1.91. The Balaban J connectivity index is 1.82. The molecule has 0 saturated carbocycles. The van der Waals surface area contributed by atoms with Gasteiger partial charge in [0, 0.05) is 0 Å². The molecule has 1 aromatic carbocycles. The van der Waals surface area contributed by atoms with Gasteiger partial charge in [-0.05, 0) is 18.1 Å². The average molecular weight is 394 g/mol. The Labute approximate surface area is 155 Å². The summed E-state index contributed by atoms with van der Waals surface area (Å²) in [6, 6.07) is 7.65. The molecule has 9 nitrogen and oxygen atoms in total. The number of nitrogens with one attached hydrogen (secondary N) is 1. The van der Waals surface area contributed by atoms with Gasteiger partial charge in [-0.1, -0.05) is 30.3 Å². The number of β-lactam (4-membered cyclic amide) rings is 1. The molecule has 1 fully saturated rings. The van der Waals surface area contributed by atoms with Crippen molar-refractivity contribution < 1.29 is 32.3 Å². The second-order valence-corrected chi connectivity index (χ2v) is 8.31. The van der Waals surface area contributed by atoms with Crippen molar-refractivity contribution in [3.8, 4) is 0 Å². The largest absolute Gasteiger partial charge is 0.456 e. The Morgan fingerprint density at radius 3 is 2.56 bits per heavy atom. The van der Waals surface area contributed by atoms with Crippen LogP contribution in [0.5, 0.6) is 0 Å². The summed E-state index contributed by atoms with van der Waals surface area (Å²) in [6.45, 7) is 1.45. The van der Waals surface area contributed by atoms with E-state index in [1.807, 2.05) is 6.07 Å². The van der Waals surface area contributed by atoms with Gasteiger partial charge in [0.05, 0.1) is 12.9 Å². The maximum absolute atomic E-state index is 12.5. The van der Waals surface area contributed by atoms with Crippen molar-refractivity contribution in [1.29, 1.82) is 0 Å². The lowest BCUT2D eigenvalue weighted by Crippen LogP contribution is -2.74. The monoisotopic (exact) mass is 394 g/mol. The molecule has 0 spiro atoms. The zero-order valence-corrected chi connectivity index (χ0v) is 15.5. The second-order valence-electron chi connectivity index (χ2n) is 6.21. The summed E-state index contributed by atoms with van der Waals surface area (Å²) in [5, 5.41) is 0.842. The molecule has 144 valence electrons. The number of nitrogens with zero attached hydrogens (tertiary/aromatic N) is 1. The number of benzene rings is 1. The third kappa shape index (κ3) is 3.39. The molecule has 0 aliphatic carbocycles. The number of amides is 2. The number of hydrogen-bond acceptors (Lipinski definition) is 7. The second kappa shape index (κ2) is 7.03. The SMILES string of the molecule is COC(=O)N[C@H]1C(=O)N2C(C(=O)OCc3ccccc3)=C(C)CS(=O)(=O)C12. The van der Waals surface area contributed by atoms with E-state index in [4.69, 9.17) is 4.74 Å². The normalized spacial score (nSPS) is 23.2. The van der Waals surface area contributed by atoms with E-state index in [9.17, 15) is 22.8 Å². The van der Waals surface area contributed by atoms with Gasteiger partial charge in [-0.25, -0.2) is 18.0 Å². The fraction of sp³-hybridized carbons (Fsp3) is 0.353. The van der Waals surface area contributed by atoms with Gasteiger partial charge in [-0.2, -0.15) is 0 Å². The Bertz CT molecular complexity index is 924. The molecule has 0 radical (unpaired) electrons. The fourth-order valence-corrected chi connectivity index (χ4v) is 5.15. The van der Waals surface area contributed by atoms with Gasteiger partial charge in [-0.15, -0.1) is 0 Å². The number of alkyl carbamates (subject to hydrolysis) is 1. The maximum Gasteiger partial charge on any atom is 0.407 e. The van der Waals surface area contributed by atoms with Crippen molar-refractivity contribution in [1.82, 2.24) is 10.2 Å². The highest BCUT2D eigenvalue weighted by Crippen LogP contribution is 2.37. The third-order valence-corrected chi connectivity index (χ3v) is 6.39. The number of esters is 1. The molecule has 1 N–H and O–H groups in total. The number of ether oxygens (including phenoxy) is 2. The maximum atomic E-state index is 12.5. The van der Waals surface area contributed by atoms with Crippen molar-refractivity contribution in [2.75, 3.05) is 12.9 Å². The van der Waals surface area contributed by atoms with Crippen molar-refractivity contribution in [2.45, 2.75) is 24.9 Å². The molecule has 2 amide bonds. The number of sulfone groups is 1. The standard InChI is InChI=1S/C17H18N2O7S/c1-10-9-27(23,24)15-12(18-17(22)25-2)14(20)19(15)13(10)16(21)26-8-11-6-4-3-5-7-11/h3-7,12,15H,8-9H2,1-2H3,(H,18,22)/t12-,15?/m0/s1. The van der Waals surface area contributed by atoms with Crippen LogP contribution in [0.25, 0.3) is 0 Å². The van der Waals surface area contributed by atoms with Gasteiger partial charge in [0.25, 0.3) is 5.91 Å². The summed E-state index contributed by atoms with van der Waals surface area (Å²) in [6.07, 6.45) is -0.928. The molecular weight excluding hydrogens is 376 g/mol. The number of carbonyl (C=O) groups is 3. The molecule has 2 atom stereocenters. The smallest absolute Gasteiger partial charge is 0.407 e. The minimum Gasteiger partial charge on any atom is -0.456 e. The van der Waals surface area contributed by atoms with Crippen LogP contribution in [0.3, 0.4) is 0 Å². The molecule has 3 rings (SSSR count). The first-order valence-corrected chi connectivity index (χ1v) is 9.77. The van der Waals surface area contributed by atoms with Crippen molar-refractivity contribution in [3.63, 3.8) is 0 Å². The third-order valence-electron chi connectivity index (χ3n) is 4.34. The zero-order chi connectivity index (χ0) is 19.8. The van der Waals surface area contributed by atoms with Crippen molar-refractivity contribution in [2.24, 2.45) is 0 Å². The van der Waals surface area contributed by atoms with E-state index in [1.165, 1.54) is 6.92 Å². The van der Waals surface area contributed by atoms with E-state index in [0.717, 1.165) is 17.6 Å². The van der Waals surface area contributed by atoms with E-state index in [0.29, 0.717) is 0 Å². The van der Waals surface area contributed by atoms with Gasteiger partial charge in [0.2, 0.25) is 0 Å². The summed E-state index contributed by atoms with van der Waals surface area (Å²) in [5.41, 5.74) is 0.872. The van der Waals surface area contributed by atoms with E-state index in [-0.39, 0.29) is 17.9 Å². The predicted molar refractivity (Wildman–Crippen MR) is 92.7 cm³/mol. The zero-order valence-electron chi connectivity index (χ0n) is 14.7. The van der Waals surface area contributed by atoms with Gasteiger partial charge in [-0.3, -0.25) is 9.69 Å². The highest BCUT2D eigenvalue weighted by molar-refractivity contribution is 7.92. The summed E-state index contributed by atoms with van der Waals surface area (Å²) >= 11 is 0. The van der Waals surface area contributed by atoms with Crippen LogP contribution in [-0.4, -0.2) is 55.6 Å². The Morgan fingerprint density at radius 2 is 1.93 bits per heavy atom. The predicted octanol–water partition coefficient (Wildman–Crippen LogP) is 0.325. The number of carbonyl (C=O) groups excluding carboxylic acids is 3. The van der Waals surface area contributed by atoms with E-state index in [2.05, 4.69) is 10.1 Å². The minimum atomic E-state index is -3.77. The van der Waals surface area contributed by atoms with Crippen LogP contribution in [0.15, 0.2) is 41.6 Å². The number of fused-ring (bicyclic) bond motifs is 1. The molecule has 27 heavy (non-hydrogen) atoms. The molecule has 0 bridgehead atoms. The molecule has 0 aromatic heterocycles. The molecular formula is C17H18N2O7S. The Kier molecular flexibility index (Phi) is 4.92. The van der Waals surface area contributed by atoms with Crippen LogP contribution in [0.1, 0.15) is 12.5 Å². The molecule has 2 aliphatic rings. The van der Waals surface area contributed by atoms with Crippen LogP contribution >= 0.6 is 0 Å². The molecule has 1 saturated heterocycles. The molecule has 10 heteroatoms. The first kappa shape index (κ1) is 18.9. The van der Waals surface area contributed by atoms with E-state index in [1.54, 1.807) is 24.3 Å². The summed E-state index contributed by atoms with van der Waals surface area (Å²) in [7, 11) is -2.67. The van der Waals surface area contributed by atoms with Gasteiger partial charge in [0.15, 0.2) is 15.2 Å². The molecule has 1 unspecified atom stereocenters. The highest BCUT2D eigenvalue weighted by Gasteiger charge is 2.60. The van der Waals surface area contributed by atoms with Gasteiger partial charge >= 0.3 is 12.1 Å². The molecule has 2 aliphatic heterocycles. The summed E-state index contributed by atoms with van der Waals surface area (Å²) in [4.78, 5) is 37.2. The number of hydrogen-bond donors (Lipinski definition) is 1. The highest BCUT2D eigenvalue weighted by atomic mass is 32.2. The fourth-order valence-electron chi connectivity index (χ4n) is 3.11. The Hall–Kier alpha value is -2.88. The van der Waals surface area contributed by atoms with Gasteiger partial charge in [0.1, 0.15) is 18.3 Å². The van der Waals surface area contributed by atoms with Crippen LogP contribution < -0.4 is 5.32 Å². The van der Waals surface area contributed by atoms with Crippen LogP contribution in [0.2, 0.25) is 0 Å². The van der Waals surface area contributed by atoms with Crippen LogP contribution in [-0.2, 0) is 35.5 Å². The minimum absolute atomic E-state index is 0.0141. The topological polar surface area (TPSA) is 119 Å². The Morgan fingerprint density at radius 1 is 1.26 bits per heavy atom. The average Bonchev–Trinajstić information content (AvgIpc) is 2.63. The molecule has 2 heterocycles. The quantitative estimate of drug-likeness (QED) is 0.577. The first-order valence-electron chi connectivity index (χ1n) is 8.06. The van der Waals surface area contributed by atoms with Crippen molar-refractivity contribution >= 4 is 27.8 Å². The van der Waals surface area contributed by atoms with Crippen molar-refractivity contribution in [3.05, 3.63) is 47.2 Å². The number of methoxy groups -OCH3 is 1. The van der Waals surface area contributed by atoms with Crippen LogP contribution in [0, 0.1) is 0 Å². The van der Waals surface area contributed by atoms with Crippen LogP contribution in [0.4, 0.5) is 4.79 Å².